The van der Waals surface area contributed by atoms with E-state index in [1.165, 1.54) is 17.5 Å². The van der Waals surface area contributed by atoms with Crippen LogP contribution in [0.25, 0.3) is 0 Å². The topological polar surface area (TPSA) is 27.3 Å². The Bertz CT molecular complexity index is 610. The number of rotatable bonds is 1. The molecule has 2 fully saturated rings. The van der Waals surface area contributed by atoms with Gasteiger partial charge in [-0.25, -0.2) is 10.4 Å². The van der Waals surface area contributed by atoms with Crippen LogP contribution in [0.4, 0.5) is 5.69 Å². The van der Waals surface area contributed by atoms with E-state index in [2.05, 4.69) is 68.6 Å². The summed E-state index contributed by atoms with van der Waals surface area (Å²) in [6.07, 6.45) is 3.47. The zero-order valence-corrected chi connectivity index (χ0v) is 15.1. The van der Waals surface area contributed by atoms with E-state index < -0.39 is 0 Å². The van der Waals surface area contributed by atoms with Crippen LogP contribution in [0.5, 0.6) is 0 Å². The molecule has 120 valence electrons. The predicted octanol–water partition coefficient (Wildman–Crippen LogP) is 4.05. The standard InChI is InChI=1S/C18H27N3S/c1-12-9-17(4,5)11-18(10-12)19-16(22)21(20-18)15-8-6-7-13(2)14(15)3/h6-8,12,20H,9-11H2,1-5H3,(H,19,22)/t12-,18+/m1/s1. The highest BCUT2D eigenvalue weighted by Gasteiger charge is 2.48. The number of thiocarbonyl (C=S) groups is 1. The first-order valence-corrected chi connectivity index (χ1v) is 8.59. The van der Waals surface area contributed by atoms with Crippen molar-refractivity contribution in [3.63, 3.8) is 0 Å². The fourth-order valence-electron chi connectivity index (χ4n) is 4.45. The molecule has 3 nitrogen and oxygen atoms in total. The van der Waals surface area contributed by atoms with E-state index in [1.807, 2.05) is 0 Å². The Balaban J connectivity index is 1.91. The van der Waals surface area contributed by atoms with E-state index >= 15 is 0 Å². The van der Waals surface area contributed by atoms with Gasteiger partial charge < -0.3 is 5.32 Å². The van der Waals surface area contributed by atoms with Gasteiger partial charge in [-0.05, 0) is 73.9 Å². The van der Waals surface area contributed by atoms with Gasteiger partial charge >= 0.3 is 0 Å². The maximum atomic E-state index is 5.64. The molecule has 2 aliphatic rings. The van der Waals surface area contributed by atoms with Gasteiger partial charge in [0.15, 0.2) is 5.11 Å². The van der Waals surface area contributed by atoms with E-state index in [0.717, 1.165) is 23.6 Å². The molecule has 1 aliphatic carbocycles. The number of benzene rings is 1. The van der Waals surface area contributed by atoms with E-state index in [9.17, 15) is 0 Å². The molecule has 1 aromatic rings. The molecule has 1 spiro atoms. The molecule has 0 unspecified atom stereocenters. The van der Waals surface area contributed by atoms with Crippen molar-refractivity contribution in [3.8, 4) is 0 Å². The molecule has 0 radical (unpaired) electrons. The molecular formula is C18H27N3S. The van der Waals surface area contributed by atoms with Crippen LogP contribution in [0.3, 0.4) is 0 Å². The van der Waals surface area contributed by atoms with Crippen molar-refractivity contribution in [2.24, 2.45) is 11.3 Å². The van der Waals surface area contributed by atoms with Crippen LogP contribution in [0.1, 0.15) is 51.2 Å². The van der Waals surface area contributed by atoms with Crippen molar-refractivity contribution in [1.82, 2.24) is 10.7 Å². The first kappa shape index (κ1) is 15.8. The molecule has 0 amide bonds. The summed E-state index contributed by atoms with van der Waals surface area (Å²) in [5, 5.41) is 6.46. The number of hydrazine groups is 1. The summed E-state index contributed by atoms with van der Waals surface area (Å²) < 4.78 is 0. The smallest absolute Gasteiger partial charge is 0.189 e. The van der Waals surface area contributed by atoms with Crippen LogP contribution < -0.4 is 15.8 Å². The summed E-state index contributed by atoms with van der Waals surface area (Å²) in [5.41, 5.74) is 7.66. The van der Waals surface area contributed by atoms with Gasteiger partial charge in [-0.2, -0.15) is 0 Å². The molecule has 0 bridgehead atoms. The molecule has 2 N–H and O–H groups in total. The Hall–Kier alpha value is -1.13. The van der Waals surface area contributed by atoms with Crippen molar-refractivity contribution in [2.45, 2.75) is 59.5 Å². The van der Waals surface area contributed by atoms with Gasteiger partial charge in [0.2, 0.25) is 0 Å². The van der Waals surface area contributed by atoms with Crippen LogP contribution in [-0.4, -0.2) is 10.8 Å². The lowest BCUT2D eigenvalue weighted by molar-refractivity contribution is 0.0828. The van der Waals surface area contributed by atoms with E-state index in [1.54, 1.807) is 0 Å². The number of hydrogen-bond acceptors (Lipinski definition) is 2. The Labute approximate surface area is 139 Å². The van der Waals surface area contributed by atoms with E-state index in [0.29, 0.717) is 11.3 Å². The average molecular weight is 318 g/mol. The van der Waals surface area contributed by atoms with Gasteiger partial charge in [-0.15, -0.1) is 0 Å². The zero-order chi connectivity index (χ0) is 16.1. The lowest BCUT2D eigenvalue weighted by atomic mass is 9.68. The highest BCUT2D eigenvalue weighted by molar-refractivity contribution is 7.80. The van der Waals surface area contributed by atoms with Crippen molar-refractivity contribution in [1.29, 1.82) is 0 Å². The van der Waals surface area contributed by atoms with Crippen LogP contribution in [0.15, 0.2) is 18.2 Å². The lowest BCUT2D eigenvalue weighted by Gasteiger charge is -2.45. The van der Waals surface area contributed by atoms with Gasteiger partial charge in [-0.3, -0.25) is 0 Å². The summed E-state index contributed by atoms with van der Waals surface area (Å²) in [5.74, 6) is 0.685. The molecular weight excluding hydrogens is 290 g/mol. The van der Waals surface area contributed by atoms with Crippen molar-refractivity contribution >= 4 is 23.0 Å². The summed E-state index contributed by atoms with van der Waals surface area (Å²) in [6, 6.07) is 6.38. The minimum Gasteiger partial charge on any atom is -0.342 e. The third-order valence-electron chi connectivity index (χ3n) is 5.07. The molecule has 1 aromatic carbocycles. The second-order valence-electron chi connectivity index (χ2n) is 8.03. The first-order chi connectivity index (χ1) is 10.2. The predicted molar refractivity (Wildman–Crippen MR) is 96.8 cm³/mol. The van der Waals surface area contributed by atoms with Gasteiger partial charge in [-0.1, -0.05) is 32.9 Å². The number of nitrogens with one attached hydrogen (secondary N) is 2. The van der Waals surface area contributed by atoms with Crippen LogP contribution in [0.2, 0.25) is 0 Å². The van der Waals surface area contributed by atoms with Crippen LogP contribution >= 0.6 is 12.2 Å². The molecule has 1 saturated carbocycles. The molecule has 4 heteroatoms. The SMILES string of the molecule is Cc1cccc(N2N[C@]3(C[C@H](C)CC(C)(C)C3)NC2=S)c1C. The molecule has 2 atom stereocenters. The first-order valence-electron chi connectivity index (χ1n) is 8.18. The number of hydrogen-bond donors (Lipinski definition) is 2. The van der Waals surface area contributed by atoms with Crippen molar-refractivity contribution in [2.75, 3.05) is 5.01 Å². The maximum absolute atomic E-state index is 5.64. The zero-order valence-electron chi connectivity index (χ0n) is 14.3. The van der Waals surface area contributed by atoms with Crippen molar-refractivity contribution < 1.29 is 0 Å². The molecule has 0 aromatic heterocycles. The largest absolute Gasteiger partial charge is 0.342 e. The Kier molecular flexibility index (Phi) is 3.73. The summed E-state index contributed by atoms with van der Waals surface area (Å²) in [4.78, 5) is 0. The van der Waals surface area contributed by atoms with Gasteiger partial charge in [0.1, 0.15) is 5.66 Å². The third kappa shape index (κ3) is 2.74. The summed E-state index contributed by atoms with van der Waals surface area (Å²) >= 11 is 5.64. The number of nitrogens with zero attached hydrogens (tertiary/aromatic N) is 1. The summed E-state index contributed by atoms with van der Waals surface area (Å²) in [6.45, 7) is 11.4. The Morgan fingerprint density at radius 2 is 1.95 bits per heavy atom. The number of anilines is 1. The normalized spacial score (nSPS) is 30.7. The quantitative estimate of drug-likeness (QED) is 0.764. The van der Waals surface area contributed by atoms with Gasteiger partial charge in [0.25, 0.3) is 0 Å². The molecule has 3 rings (SSSR count). The van der Waals surface area contributed by atoms with Crippen molar-refractivity contribution in [3.05, 3.63) is 29.3 Å². The fourth-order valence-corrected chi connectivity index (χ4v) is 4.79. The second-order valence-corrected chi connectivity index (χ2v) is 8.42. The lowest BCUT2D eigenvalue weighted by Crippen LogP contribution is -2.57. The average Bonchev–Trinajstić information content (AvgIpc) is 2.66. The van der Waals surface area contributed by atoms with Gasteiger partial charge in [0, 0.05) is 0 Å². The number of aryl methyl sites for hydroxylation is 1. The maximum Gasteiger partial charge on any atom is 0.189 e. The minimum atomic E-state index is -0.103. The third-order valence-corrected chi connectivity index (χ3v) is 5.35. The molecule has 1 saturated heterocycles. The molecule has 1 aliphatic heterocycles. The highest BCUT2D eigenvalue weighted by atomic mass is 32.1. The van der Waals surface area contributed by atoms with Crippen LogP contribution in [-0.2, 0) is 0 Å². The Morgan fingerprint density at radius 1 is 1.23 bits per heavy atom. The van der Waals surface area contributed by atoms with Gasteiger partial charge in [0.05, 0.1) is 5.69 Å². The fraction of sp³-hybridized carbons (Fsp3) is 0.611. The summed E-state index contributed by atoms with van der Waals surface area (Å²) in [7, 11) is 0. The monoisotopic (exact) mass is 317 g/mol. The second kappa shape index (κ2) is 5.20. The Morgan fingerprint density at radius 3 is 2.64 bits per heavy atom. The molecule has 22 heavy (non-hydrogen) atoms. The highest BCUT2D eigenvalue weighted by Crippen LogP contribution is 2.44. The minimum absolute atomic E-state index is 0.103. The van der Waals surface area contributed by atoms with Crippen LogP contribution in [0, 0.1) is 25.2 Å². The van der Waals surface area contributed by atoms with E-state index in [-0.39, 0.29) is 5.66 Å². The van der Waals surface area contributed by atoms with E-state index in [4.69, 9.17) is 12.2 Å². The molecule has 1 heterocycles.